The number of ether oxygens (including phenoxy) is 1. The van der Waals surface area contributed by atoms with Crippen LogP contribution in [0.4, 0.5) is 11.6 Å². The average Bonchev–Trinajstić information content (AvgIpc) is 3.59. The Hall–Kier alpha value is -3.89. The summed E-state index contributed by atoms with van der Waals surface area (Å²) < 4.78 is 11.2. The molecule has 0 spiro atoms. The number of aliphatic hydroxyl groups is 1. The van der Waals surface area contributed by atoms with E-state index in [2.05, 4.69) is 20.4 Å². The van der Waals surface area contributed by atoms with E-state index < -0.39 is 6.10 Å². The van der Waals surface area contributed by atoms with Crippen LogP contribution in [0.3, 0.4) is 0 Å². The molecule has 7 rings (SSSR count). The van der Waals surface area contributed by atoms with Gasteiger partial charge in [0.2, 0.25) is 5.95 Å². The first kappa shape index (κ1) is 22.3. The minimum Gasteiger partial charge on any atom is -0.450 e. The topological polar surface area (TPSA) is 112 Å². The minimum absolute atomic E-state index is 0.184. The van der Waals surface area contributed by atoms with Gasteiger partial charge in [0.1, 0.15) is 21.7 Å². The molecule has 5 heterocycles. The smallest absolute Gasteiger partial charge is 0.274 e. The molecule has 0 unspecified atom stereocenters. The number of hydrogen-bond acceptors (Lipinski definition) is 7. The number of aliphatic hydroxyl groups excluding tert-OH is 1. The zero-order valence-corrected chi connectivity index (χ0v) is 20.8. The lowest BCUT2D eigenvalue weighted by Crippen LogP contribution is -2.39. The third-order valence-corrected chi connectivity index (χ3v) is 7.70. The summed E-state index contributed by atoms with van der Waals surface area (Å²) in [6, 6.07) is 7.40. The molecule has 0 saturated heterocycles. The summed E-state index contributed by atoms with van der Waals surface area (Å²) in [5, 5.41) is 18.1. The van der Waals surface area contributed by atoms with Crippen molar-refractivity contribution >= 4 is 39.9 Å². The highest BCUT2D eigenvalue weighted by atomic mass is 35.5. The lowest BCUT2D eigenvalue weighted by atomic mass is 9.88. The van der Waals surface area contributed by atoms with E-state index in [1.807, 2.05) is 43.7 Å². The molecule has 0 amide bonds. The van der Waals surface area contributed by atoms with E-state index >= 15 is 0 Å². The number of anilines is 2. The quantitative estimate of drug-likeness (QED) is 0.340. The van der Waals surface area contributed by atoms with Crippen molar-refractivity contribution in [3.8, 4) is 11.5 Å². The van der Waals surface area contributed by atoms with Gasteiger partial charge in [-0.05, 0) is 55.4 Å². The first-order valence-electron chi connectivity index (χ1n) is 12.3. The largest absolute Gasteiger partial charge is 0.450 e. The molecule has 188 valence electrons. The molecule has 0 bridgehead atoms. The number of fused-ring (bicyclic) bond motifs is 2. The molecule has 0 aliphatic heterocycles. The number of nitrogens with one attached hydrogen (secondary N) is 1. The number of pyridine rings is 3. The first-order chi connectivity index (χ1) is 18.0. The van der Waals surface area contributed by atoms with Gasteiger partial charge < -0.3 is 24.3 Å². The van der Waals surface area contributed by atoms with Crippen molar-refractivity contribution in [3.63, 3.8) is 0 Å². The minimum atomic E-state index is -0.495. The van der Waals surface area contributed by atoms with Gasteiger partial charge in [0, 0.05) is 19.4 Å². The Morgan fingerprint density at radius 1 is 1.16 bits per heavy atom. The van der Waals surface area contributed by atoms with Crippen LogP contribution in [0.15, 0.2) is 53.8 Å². The molecule has 5 aromatic rings. The van der Waals surface area contributed by atoms with Crippen LogP contribution >= 0.6 is 11.6 Å². The fourth-order valence-corrected chi connectivity index (χ4v) is 5.21. The lowest BCUT2D eigenvalue weighted by molar-refractivity contribution is 0.0299. The SMILES string of the molecule is Cn1c(Nc2cc(C3CC3)cn([C@H]3CC[C@@H]3O)c2=O)nc2ncc(Oc3cnn4ccccc34)c(Cl)c21. The summed E-state index contributed by atoms with van der Waals surface area (Å²) in [7, 11) is 1.81. The van der Waals surface area contributed by atoms with Crippen molar-refractivity contribution in [2.24, 2.45) is 7.05 Å². The molecule has 37 heavy (non-hydrogen) atoms. The Labute approximate surface area is 216 Å². The summed E-state index contributed by atoms with van der Waals surface area (Å²) in [5.41, 5.74) is 3.13. The molecule has 2 saturated carbocycles. The predicted octanol–water partition coefficient (Wildman–Crippen LogP) is 4.54. The standard InChI is InChI=1S/C26H24ClN7O3/c1-32-23-22(27)21(37-20-12-29-34-9-3-2-4-18(20)34)11-28-24(23)31-26(32)30-16-10-15(14-5-6-14)13-33(25(16)36)17-7-8-19(17)35/h2-4,9-14,17,19,35H,5-8H2,1H3,(H,28,30,31)/t17-,19-/m0/s1. The second-order valence-corrected chi connectivity index (χ2v) is 10.1. The van der Waals surface area contributed by atoms with E-state index in [0.717, 1.165) is 30.3 Å². The number of hydrogen-bond donors (Lipinski definition) is 2. The van der Waals surface area contributed by atoms with Crippen LogP contribution < -0.4 is 15.6 Å². The number of imidazole rings is 1. The molecule has 2 fully saturated rings. The van der Waals surface area contributed by atoms with E-state index in [9.17, 15) is 9.90 Å². The molecule has 2 N–H and O–H groups in total. The first-order valence-corrected chi connectivity index (χ1v) is 12.7. The van der Waals surface area contributed by atoms with Gasteiger partial charge in [0.15, 0.2) is 17.1 Å². The Morgan fingerprint density at radius 3 is 2.78 bits per heavy atom. The number of aromatic nitrogens is 6. The average molecular weight is 518 g/mol. The van der Waals surface area contributed by atoms with E-state index in [1.54, 1.807) is 19.8 Å². The van der Waals surface area contributed by atoms with Crippen LogP contribution in [0.2, 0.25) is 5.02 Å². The summed E-state index contributed by atoms with van der Waals surface area (Å²) in [6.45, 7) is 0. The van der Waals surface area contributed by atoms with Crippen LogP contribution in [0.25, 0.3) is 16.7 Å². The van der Waals surface area contributed by atoms with Gasteiger partial charge in [-0.2, -0.15) is 10.1 Å². The molecule has 0 radical (unpaired) electrons. The summed E-state index contributed by atoms with van der Waals surface area (Å²) in [6.07, 6.45) is 10.1. The van der Waals surface area contributed by atoms with Gasteiger partial charge in [-0.3, -0.25) is 4.79 Å². The third kappa shape index (κ3) is 3.67. The van der Waals surface area contributed by atoms with E-state index in [4.69, 9.17) is 16.3 Å². The van der Waals surface area contributed by atoms with Crippen LogP contribution in [0.5, 0.6) is 11.5 Å². The van der Waals surface area contributed by atoms with Crippen molar-refractivity contribution < 1.29 is 9.84 Å². The van der Waals surface area contributed by atoms with Crippen molar-refractivity contribution in [2.75, 3.05) is 5.32 Å². The van der Waals surface area contributed by atoms with Gasteiger partial charge in [0.05, 0.1) is 24.5 Å². The lowest BCUT2D eigenvalue weighted by Gasteiger charge is -2.34. The van der Waals surface area contributed by atoms with Crippen molar-refractivity contribution in [2.45, 2.75) is 43.7 Å². The Bertz CT molecular complexity index is 1740. The summed E-state index contributed by atoms with van der Waals surface area (Å²) >= 11 is 6.77. The van der Waals surface area contributed by atoms with Crippen LogP contribution in [0, 0.1) is 0 Å². The van der Waals surface area contributed by atoms with E-state index in [-0.39, 0.29) is 11.6 Å². The maximum absolute atomic E-state index is 13.4. The number of halogens is 1. The van der Waals surface area contributed by atoms with Crippen molar-refractivity contribution in [3.05, 3.63) is 70.0 Å². The van der Waals surface area contributed by atoms with Crippen LogP contribution in [-0.2, 0) is 7.05 Å². The molecule has 2 aliphatic carbocycles. The molecule has 0 aromatic carbocycles. The fraction of sp³-hybridized carbons (Fsp3) is 0.308. The van der Waals surface area contributed by atoms with Gasteiger partial charge >= 0.3 is 0 Å². The molecule has 5 aromatic heterocycles. The number of aryl methyl sites for hydroxylation is 1. The predicted molar refractivity (Wildman–Crippen MR) is 139 cm³/mol. The second-order valence-electron chi connectivity index (χ2n) is 9.76. The molecular formula is C26H24ClN7O3. The van der Waals surface area contributed by atoms with Crippen LogP contribution in [-0.4, -0.2) is 39.9 Å². The fourth-order valence-electron chi connectivity index (χ4n) is 4.91. The van der Waals surface area contributed by atoms with Crippen LogP contribution in [0.1, 0.15) is 43.2 Å². The molecule has 11 heteroatoms. The van der Waals surface area contributed by atoms with Gasteiger partial charge in [-0.15, -0.1) is 0 Å². The zero-order valence-electron chi connectivity index (χ0n) is 20.0. The summed E-state index contributed by atoms with van der Waals surface area (Å²) in [4.78, 5) is 22.4. The van der Waals surface area contributed by atoms with Gasteiger partial charge in [-0.25, -0.2) is 9.50 Å². The Balaban J connectivity index is 1.26. The number of rotatable bonds is 6. The third-order valence-electron chi connectivity index (χ3n) is 7.34. The molecular weight excluding hydrogens is 494 g/mol. The maximum atomic E-state index is 13.4. The summed E-state index contributed by atoms with van der Waals surface area (Å²) in [5.74, 6) is 1.81. The highest BCUT2D eigenvalue weighted by Gasteiger charge is 2.33. The molecule has 10 nitrogen and oxygen atoms in total. The van der Waals surface area contributed by atoms with E-state index in [0.29, 0.717) is 51.7 Å². The molecule has 2 atom stereocenters. The van der Waals surface area contributed by atoms with Gasteiger partial charge in [-0.1, -0.05) is 17.7 Å². The molecule has 2 aliphatic rings. The van der Waals surface area contributed by atoms with Crippen molar-refractivity contribution in [1.82, 2.24) is 28.7 Å². The Morgan fingerprint density at radius 2 is 2.03 bits per heavy atom. The van der Waals surface area contributed by atoms with E-state index in [1.165, 1.54) is 6.20 Å². The maximum Gasteiger partial charge on any atom is 0.274 e. The number of nitrogens with zero attached hydrogens (tertiary/aromatic N) is 6. The zero-order chi connectivity index (χ0) is 25.3. The second kappa shape index (κ2) is 8.32. The normalized spacial score (nSPS) is 19.3. The monoisotopic (exact) mass is 517 g/mol. The highest BCUT2D eigenvalue weighted by Crippen LogP contribution is 2.42. The van der Waals surface area contributed by atoms with Crippen molar-refractivity contribution in [1.29, 1.82) is 0 Å². The Kier molecular flexibility index (Phi) is 5.02. The highest BCUT2D eigenvalue weighted by molar-refractivity contribution is 6.36. The van der Waals surface area contributed by atoms with Gasteiger partial charge in [0.25, 0.3) is 5.56 Å².